The van der Waals surface area contributed by atoms with Gasteiger partial charge >= 0.3 is 269 Å². The SMILES string of the molecule is CC1=C(c2cccc3ccccc23)c2ccccc2[CH]1[Ti]([CH]1C(C)=C(c2cccc3ccccc23)c2ccccc21)=[Si](C)C.Cl.Cl. The standard InChI is InChI=1S/2C20H15.C2H6Si.2ClH.Ti/c2*1-14-13-16-8-3-5-11-18(16)20(14)19-12-6-9-15-7-2-4-10-17(15)19;1-3-2;;;/h2*2-13H,1H3;1-2H3;2*1H;. The van der Waals surface area contributed by atoms with Crippen LogP contribution in [0, 0.1) is 0 Å². The van der Waals surface area contributed by atoms with Crippen molar-refractivity contribution in [3.8, 4) is 0 Å². The van der Waals surface area contributed by atoms with Gasteiger partial charge in [-0.2, -0.15) is 0 Å². The predicted molar refractivity (Wildman–Crippen MR) is 202 cm³/mol. The fourth-order valence-electron chi connectivity index (χ4n) is 8.28. The van der Waals surface area contributed by atoms with Gasteiger partial charge in [-0.3, -0.25) is 0 Å². The van der Waals surface area contributed by atoms with E-state index in [0.29, 0.717) is 8.45 Å². The molecule has 0 fully saturated rings. The van der Waals surface area contributed by atoms with E-state index in [-0.39, 0.29) is 24.8 Å². The van der Waals surface area contributed by atoms with E-state index in [0.717, 1.165) is 0 Å². The monoisotopic (exact) mass is 688 g/mol. The zero-order valence-corrected chi connectivity index (χ0v) is 30.9. The molecule has 2 aliphatic rings. The molecule has 46 heavy (non-hydrogen) atoms. The Morgan fingerprint density at radius 3 is 1.22 bits per heavy atom. The van der Waals surface area contributed by atoms with Gasteiger partial charge in [-0.15, -0.1) is 24.8 Å². The van der Waals surface area contributed by atoms with Gasteiger partial charge in [0, 0.05) is 0 Å². The van der Waals surface area contributed by atoms with E-state index in [1.807, 2.05) is 0 Å². The molecule has 0 N–H and O–H groups in total. The van der Waals surface area contributed by atoms with Crippen molar-refractivity contribution < 1.29 is 16.6 Å². The molecule has 8 rings (SSSR count). The van der Waals surface area contributed by atoms with Crippen LogP contribution in [0.15, 0.2) is 145 Å². The van der Waals surface area contributed by atoms with Crippen molar-refractivity contribution in [2.75, 3.05) is 0 Å². The fraction of sp³-hybridized carbons (Fsp3) is 0.143. The first kappa shape index (κ1) is 32.8. The number of allylic oxidation sites excluding steroid dienone is 2. The molecule has 0 nitrogen and oxygen atoms in total. The molecule has 0 aliphatic heterocycles. The fourth-order valence-corrected chi connectivity index (χ4v) is 22.2. The van der Waals surface area contributed by atoms with Gasteiger partial charge in [0.05, 0.1) is 0 Å². The zero-order chi connectivity index (χ0) is 29.9. The Morgan fingerprint density at radius 1 is 0.435 bits per heavy atom. The quantitative estimate of drug-likeness (QED) is 0.162. The van der Waals surface area contributed by atoms with Gasteiger partial charge in [-0.1, -0.05) is 0 Å². The molecule has 6 aromatic rings. The first-order chi connectivity index (χ1) is 21.5. The Kier molecular flexibility index (Phi) is 9.36. The predicted octanol–water partition coefficient (Wildman–Crippen LogP) is 12.2. The van der Waals surface area contributed by atoms with E-state index < -0.39 is 22.8 Å². The second-order valence-corrected chi connectivity index (χ2v) is 25.0. The largest absolute Gasteiger partial charge is 0.147 e. The number of halogens is 2. The van der Waals surface area contributed by atoms with Crippen molar-refractivity contribution in [1.82, 2.24) is 0 Å². The van der Waals surface area contributed by atoms with Crippen LogP contribution in [0.25, 0.3) is 32.7 Å². The first-order valence-corrected chi connectivity index (χ1v) is 22.4. The topological polar surface area (TPSA) is 0 Å². The summed E-state index contributed by atoms with van der Waals surface area (Å²) in [6.45, 7) is 10.2. The van der Waals surface area contributed by atoms with Crippen LogP contribution >= 0.6 is 24.8 Å². The number of hydrogen-bond acceptors (Lipinski definition) is 0. The average Bonchev–Trinajstić information content (AvgIpc) is 3.50. The average molecular weight is 690 g/mol. The molecule has 228 valence electrons. The molecule has 0 aromatic heterocycles. The summed E-state index contributed by atoms with van der Waals surface area (Å²) in [5.74, 6) is 0. The Bertz CT molecular complexity index is 2080. The zero-order valence-electron chi connectivity index (χ0n) is 26.7. The van der Waals surface area contributed by atoms with Crippen molar-refractivity contribution in [1.29, 1.82) is 0 Å². The summed E-state index contributed by atoms with van der Waals surface area (Å²) < 4.78 is 1.09. The smallest absolute Gasteiger partial charge is 0.147 e. The van der Waals surface area contributed by atoms with Crippen molar-refractivity contribution in [2.24, 2.45) is 0 Å². The molecule has 2 unspecified atom stereocenters. The molecule has 2 atom stereocenters. The van der Waals surface area contributed by atoms with Crippen molar-refractivity contribution >= 4 is 63.7 Å². The van der Waals surface area contributed by atoms with Crippen molar-refractivity contribution in [3.05, 3.63) is 178 Å². The maximum Gasteiger partial charge on any atom is -0.147 e. The normalized spacial score (nSPS) is 16.6. The van der Waals surface area contributed by atoms with Crippen molar-refractivity contribution in [2.45, 2.75) is 35.4 Å². The first-order valence-electron chi connectivity index (χ1n) is 15.8. The van der Waals surface area contributed by atoms with E-state index in [4.69, 9.17) is 0 Å². The van der Waals surface area contributed by atoms with Crippen LogP contribution in [-0.4, -0.2) is 6.19 Å². The van der Waals surface area contributed by atoms with E-state index >= 15 is 0 Å². The van der Waals surface area contributed by atoms with Gasteiger partial charge in [-0.05, 0) is 0 Å². The molecule has 0 saturated carbocycles. The Morgan fingerprint density at radius 2 is 0.783 bits per heavy atom. The Balaban J connectivity index is 0.00000186. The molecule has 0 spiro atoms. The molecular formula is C42H38Cl2SiTi. The van der Waals surface area contributed by atoms with Crippen LogP contribution in [-0.2, 0) is 16.6 Å². The van der Waals surface area contributed by atoms with Gasteiger partial charge in [0.15, 0.2) is 0 Å². The summed E-state index contributed by atoms with van der Waals surface area (Å²) in [6.07, 6.45) is -0.582. The summed E-state index contributed by atoms with van der Waals surface area (Å²) in [4.78, 5) is 0. The molecule has 0 amide bonds. The Labute approximate surface area is 291 Å². The minimum atomic E-state index is -1.86. The van der Waals surface area contributed by atoms with Crippen molar-refractivity contribution in [3.63, 3.8) is 0 Å². The number of fused-ring (bicyclic) bond motifs is 4. The van der Waals surface area contributed by atoms with E-state index in [9.17, 15) is 0 Å². The molecule has 2 aliphatic carbocycles. The van der Waals surface area contributed by atoms with Crippen LogP contribution in [0.2, 0.25) is 13.1 Å². The minimum absolute atomic E-state index is 0. The number of benzene rings is 6. The van der Waals surface area contributed by atoms with Crippen LogP contribution in [0.1, 0.15) is 55.7 Å². The maximum absolute atomic E-state index is 2.62. The second kappa shape index (κ2) is 13.1. The van der Waals surface area contributed by atoms with Crippen LogP contribution < -0.4 is 0 Å². The third-order valence-electron chi connectivity index (χ3n) is 10.1. The third-order valence-corrected chi connectivity index (χ3v) is 23.3. The summed E-state index contributed by atoms with van der Waals surface area (Å²) in [5, 5.41) is 5.36. The molecule has 0 heterocycles. The summed E-state index contributed by atoms with van der Waals surface area (Å²) in [7, 11) is 0. The van der Waals surface area contributed by atoms with Gasteiger partial charge in [0.1, 0.15) is 0 Å². The summed E-state index contributed by atoms with van der Waals surface area (Å²) >= 11 is -1.86. The maximum atomic E-state index is 2.62. The van der Waals surface area contributed by atoms with Crippen LogP contribution in [0.4, 0.5) is 0 Å². The van der Waals surface area contributed by atoms with E-state index in [2.05, 4.69) is 160 Å². The van der Waals surface area contributed by atoms with Gasteiger partial charge in [0.2, 0.25) is 0 Å². The molecule has 0 bridgehead atoms. The van der Waals surface area contributed by atoms with Crippen LogP contribution in [0.3, 0.4) is 0 Å². The molecule has 6 aromatic carbocycles. The molecule has 4 heteroatoms. The molecule has 0 saturated heterocycles. The summed E-state index contributed by atoms with van der Waals surface area (Å²) in [6, 6.07) is 50.3. The van der Waals surface area contributed by atoms with Crippen LogP contribution in [0.5, 0.6) is 0 Å². The third kappa shape index (κ3) is 5.09. The Hall–Kier alpha value is -3.17. The molecule has 0 radical (unpaired) electrons. The number of hydrogen-bond donors (Lipinski definition) is 0. The van der Waals surface area contributed by atoms with Gasteiger partial charge in [0.25, 0.3) is 0 Å². The second-order valence-electron chi connectivity index (χ2n) is 12.7. The van der Waals surface area contributed by atoms with Gasteiger partial charge in [-0.25, -0.2) is 0 Å². The molecular weight excluding hydrogens is 651 g/mol. The van der Waals surface area contributed by atoms with E-state index in [1.54, 1.807) is 22.3 Å². The summed E-state index contributed by atoms with van der Waals surface area (Å²) in [5.41, 5.74) is 15.0. The van der Waals surface area contributed by atoms with E-state index in [1.165, 1.54) is 54.9 Å². The minimum Gasteiger partial charge on any atom is -0.147 e. The number of rotatable bonds is 4. The van der Waals surface area contributed by atoms with Gasteiger partial charge < -0.3 is 0 Å².